The summed E-state index contributed by atoms with van der Waals surface area (Å²) in [5, 5.41) is 4.46. The van der Waals surface area contributed by atoms with Crippen molar-refractivity contribution in [3.05, 3.63) is 71.6 Å². The van der Waals surface area contributed by atoms with Crippen LogP contribution in [-0.2, 0) is 0 Å². The van der Waals surface area contributed by atoms with Crippen molar-refractivity contribution in [2.45, 2.75) is 22.3 Å². The summed E-state index contributed by atoms with van der Waals surface area (Å²) in [4.78, 5) is 13.2. The predicted octanol–water partition coefficient (Wildman–Crippen LogP) is 5.27. The van der Waals surface area contributed by atoms with Gasteiger partial charge in [0, 0.05) is 45.9 Å². The van der Waals surface area contributed by atoms with Gasteiger partial charge in [-0.2, -0.15) is 0 Å². The number of para-hydroxylation sites is 1. The van der Waals surface area contributed by atoms with E-state index in [0.717, 1.165) is 40.0 Å². The molecule has 0 radical (unpaired) electrons. The molecule has 4 nitrogen and oxygen atoms in total. The zero-order chi connectivity index (χ0) is 17.9. The summed E-state index contributed by atoms with van der Waals surface area (Å²) in [5.41, 5.74) is 2.27. The van der Waals surface area contributed by atoms with E-state index in [1.165, 1.54) is 4.90 Å². The first kappa shape index (κ1) is 17.2. The number of hydrogen-bond donors (Lipinski definition) is 1. The largest absolute Gasteiger partial charge is 0.377 e. The van der Waals surface area contributed by atoms with Crippen LogP contribution in [-0.4, -0.2) is 23.6 Å². The minimum absolute atomic E-state index is 0.203. The third kappa shape index (κ3) is 3.64. The van der Waals surface area contributed by atoms with Gasteiger partial charge >= 0.3 is 0 Å². The van der Waals surface area contributed by atoms with E-state index < -0.39 is 0 Å². The molecule has 2 heterocycles. The van der Waals surface area contributed by atoms with Crippen molar-refractivity contribution in [1.29, 1.82) is 0 Å². The lowest BCUT2D eigenvalue weighted by Crippen LogP contribution is -2.31. The molecule has 1 aliphatic rings. The van der Waals surface area contributed by atoms with Crippen LogP contribution in [0.15, 0.2) is 70.8 Å². The molecule has 1 aliphatic heterocycles. The van der Waals surface area contributed by atoms with Crippen LogP contribution >= 0.6 is 23.4 Å². The Morgan fingerprint density at radius 3 is 2.81 bits per heavy atom. The van der Waals surface area contributed by atoms with Gasteiger partial charge in [-0.3, -0.25) is 0 Å². The van der Waals surface area contributed by atoms with Crippen LogP contribution in [0.5, 0.6) is 0 Å². The van der Waals surface area contributed by atoms with Crippen LogP contribution in [0, 0.1) is 0 Å². The van der Waals surface area contributed by atoms with Crippen molar-refractivity contribution < 1.29 is 0 Å². The van der Waals surface area contributed by atoms with Gasteiger partial charge in [-0.1, -0.05) is 35.5 Å². The van der Waals surface area contributed by atoms with Gasteiger partial charge < -0.3 is 10.2 Å². The lowest BCUT2D eigenvalue weighted by Gasteiger charge is -2.32. The van der Waals surface area contributed by atoms with Crippen molar-refractivity contribution in [3.8, 4) is 0 Å². The van der Waals surface area contributed by atoms with E-state index in [9.17, 15) is 0 Å². The molecule has 0 saturated carbocycles. The Labute approximate surface area is 162 Å². The van der Waals surface area contributed by atoms with Gasteiger partial charge in [-0.05, 0) is 42.8 Å². The van der Waals surface area contributed by atoms with E-state index in [1.54, 1.807) is 18.1 Å². The fraction of sp³-hybridized carbons (Fsp3) is 0.200. The average Bonchev–Trinajstić information content (AvgIpc) is 2.67. The second-order valence-electron chi connectivity index (χ2n) is 6.26. The Bertz CT molecular complexity index is 900. The number of benzene rings is 2. The Morgan fingerprint density at radius 1 is 1.15 bits per heavy atom. The highest BCUT2D eigenvalue weighted by Crippen LogP contribution is 2.38. The normalized spacial score (nSPS) is 16.2. The van der Waals surface area contributed by atoms with E-state index in [1.807, 2.05) is 30.5 Å². The van der Waals surface area contributed by atoms with Gasteiger partial charge in [0.2, 0.25) is 0 Å². The molecule has 1 aromatic heterocycles. The number of nitrogens with zero attached hydrogens (tertiary/aromatic N) is 3. The number of hydrogen-bond acceptors (Lipinski definition) is 5. The molecule has 0 aliphatic carbocycles. The Morgan fingerprint density at radius 2 is 1.96 bits per heavy atom. The molecule has 26 heavy (non-hydrogen) atoms. The topological polar surface area (TPSA) is 41.0 Å². The first-order valence-electron chi connectivity index (χ1n) is 8.51. The van der Waals surface area contributed by atoms with E-state index in [-0.39, 0.29) is 6.04 Å². The van der Waals surface area contributed by atoms with E-state index in [4.69, 9.17) is 11.6 Å². The molecular weight excluding hydrogens is 364 g/mol. The first-order valence-corrected chi connectivity index (χ1v) is 9.70. The van der Waals surface area contributed by atoms with Crippen LogP contribution in [0.2, 0.25) is 5.02 Å². The molecule has 0 spiro atoms. The highest BCUT2D eigenvalue weighted by molar-refractivity contribution is 7.99. The van der Waals surface area contributed by atoms with Gasteiger partial charge in [0.1, 0.15) is 12.1 Å². The molecule has 0 bridgehead atoms. The molecule has 2 aromatic carbocycles. The quantitative estimate of drug-likeness (QED) is 0.665. The van der Waals surface area contributed by atoms with Gasteiger partial charge in [0.15, 0.2) is 0 Å². The van der Waals surface area contributed by atoms with Gasteiger partial charge in [0.05, 0.1) is 6.04 Å². The summed E-state index contributed by atoms with van der Waals surface area (Å²) in [6.45, 7) is 0.966. The van der Waals surface area contributed by atoms with E-state index >= 15 is 0 Å². The molecule has 132 valence electrons. The smallest absolute Gasteiger partial charge is 0.136 e. The van der Waals surface area contributed by atoms with E-state index in [0.29, 0.717) is 0 Å². The standard InChI is InChI=1S/C20H19ClN4S/c1-25-11-10-17(16-12-22-13-23-20(16)25)24-18-4-2-3-5-19(18)26-15-8-6-14(21)7-9-15/h2-9,12-13,17,24H,10-11H2,1H3. The molecule has 3 aromatic rings. The minimum Gasteiger partial charge on any atom is -0.377 e. The third-order valence-electron chi connectivity index (χ3n) is 4.47. The number of halogens is 1. The summed E-state index contributed by atoms with van der Waals surface area (Å²) in [7, 11) is 2.08. The number of anilines is 2. The van der Waals surface area contributed by atoms with Crippen molar-refractivity contribution in [1.82, 2.24) is 9.97 Å². The van der Waals surface area contributed by atoms with Crippen LogP contribution in [0.4, 0.5) is 11.5 Å². The number of nitrogens with one attached hydrogen (secondary N) is 1. The zero-order valence-corrected chi connectivity index (χ0v) is 16.0. The van der Waals surface area contributed by atoms with Crippen LogP contribution < -0.4 is 10.2 Å². The molecule has 6 heteroatoms. The lowest BCUT2D eigenvalue weighted by molar-refractivity contribution is 0.634. The molecule has 0 fully saturated rings. The minimum atomic E-state index is 0.203. The fourth-order valence-electron chi connectivity index (χ4n) is 3.12. The summed E-state index contributed by atoms with van der Waals surface area (Å²) in [6.07, 6.45) is 4.55. The average molecular weight is 383 g/mol. The summed E-state index contributed by atoms with van der Waals surface area (Å²) < 4.78 is 0. The lowest BCUT2D eigenvalue weighted by atomic mass is 10.0. The third-order valence-corrected chi connectivity index (χ3v) is 5.80. The SMILES string of the molecule is CN1CCC(Nc2ccccc2Sc2ccc(Cl)cc2)c2cncnc21. The summed E-state index contributed by atoms with van der Waals surface area (Å²) in [5.74, 6) is 1.01. The highest BCUT2D eigenvalue weighted by Gasteiger charge is 2.25. The highest BCUT2D eigenvalue weighted by atomic mass is 35.5. The van der Waals surface area contributed by atoms with Gasteiger partial charge in [-0.25, -0.2) is 9.97 Å². The van der Waals surface area contributed by atoms with Gasteiger partial charge in [0.25, 0.3) is 0 Å². The second kappa shape index (κ2) is 7.56. The van der Waals surface area contributed by atoms with Crippen LogP contribution in [0.25, 0.3) is 0 Å². The van der Waals surface area contributed by atoms with Crippen molar-refractivity contribution in [3.63, 3.8) is 0 Å². The maximum absolute atomic E-state index is 6.00. The van der Waals surface area contributed by atoms with Crippen molar-refractivity contribution in [2.75, 3.05) is 23.8 Å². The monoisotopic (exact) mass is 382 g/mol. The number of aromatic nitrogens is 2. The predicted molar refractivity (Wildman–Crippen MR) is 108 cm³/mol. The van der Waals surface area contributed by atoms with Crippen LogP contribution in [0.1, 0.15) is 18.0 Å². The maximum atomic E-state index is 6.00. The Hall–Kier alpha value is -2.24. The second-order valence-corrected chi connectivity index (χ2v) is 7.81. The zero-order valence-electron chi connectivity index (χ0n) is 14.4. The molecule has 0 saturated heterocycles. The van der Waals surface area contributed by atoms with Crippen molar-refractivity contribution in [2.24, 2.45) is 0 Å². The van der Waals surface area contributed by atoms with Crippen LogP contribution in [0.3, 0.4) is 0 Å². The summed E-state index contributed by atoms with van der Waals surface area (Å²) in [6, 6.07) is 16.5. The number of rotatable bonds is 4. The fourth-order valence-corrected chi connectivity index (χ4v) is 4.16. The molecule has 1 atom stereocenters. The first-order chi connectivity index (χ1) is 12.7. The maximum Gasteiger partial charge on any atom is 0.136 e. The van der Waals surface area contributed by atoms with Crippen molar-refractivity contribution >= 4 is 34.9 Å². The molecule has 4 rings (SSSR count). The number of fused-ring (bicyclic) bond motifs is 1. The molecule has 1 unspecified atom stereocenters. The van der Waals surface area contributed by atoms with E-state index in [2.05, 4.69) is 51.5 Å². The summed E-state index contributed by atoms with van der Waals surface area (Å²) >= 11 is 7.73. The van der Waals surface area contributed by atoms with Gasteiger partial charge in [-0.15, -0.1) is 0 Å². The Balaban J connectivity index is 1.60. The molecular formula is C20H19ClN4S. The Kier molecular flexibility index (Phi) is 5.00. The molecule has 1 N–H and O–H groups in total. The molecule has 0 amide bonds.